The second-order valence-electron chi connectivity index (χ2n) is 5.36. The first-order valence-corrected chi connectivity index (χ1v) is 7.97. The number of thioether (sulfide) groups is 1. The van der Waals surface area contributed by atoms with Crippen LogP contribution in [-0.4, -0.2) is 35.8 Å². The van der Waals surface area contributed by atoms with Crippen molar-refractivity contribution >= 4 is 17.7 Å². The third-order valence-electron chi connectivity index (χ3n) is 4.06. The Morgan fingerprint density at radius 1 is 1.40 bits per heavy atom. The van der Waals surface area contributed by atoms with Crippen molar-refractivity contribution < 1.29 is 19.4 Å². The van der Waals surface area contributed by atoms with Crippen molar-refractivity contribution in [3.05, 3.63) is 23.8 Å². The van der Waals surface area contributed by atoms with Crippen molar-refractivity contribution in [2.24, 2.45) is 0 Å². The first kappa shape index (κ1) is 13.6. The highest BCUT2D eigenvalue weighted by Gasteiger charge is 2.52. The number of carboxylic acids is 1. The lowest BCUT2D eigenvalue weighted by Crippen LogP contribution is -2.20. The second-order valence-corrected chi connectivity index (χ2v) is 6.51. The van der Waals surface area contributed by atoms with Crippen LogP contribution in [0.3, 0.4) is 0 Å². The van der Waals surface area contributed by atoms with Gasteiger partial charge >= 0.3 is 5.97 Å². The van der Waals surface area contributed by atoms with E-state index >= 15 is 0 Å². The number of aliphatic carboxylic acids is 1. The molecule has 1 unspecified atom stereocenters. The molecule has 2 aliphatic rings. The molecule has 3 rings (SSSR count). The minimum atomic E-state index is -0.750. The van der Waals surface area contributed by atoms with Gasteiger partial charge in [-0.05, 0) is 42.7 Å². The van der Waals surface area contributed by atoms with Crippen LogP contribution < -0.4 is 9.47 Å². The van der Waals surface area contributed by atoms with Crippen LogP contribution in [0, 0.1) is 0 Å². The average molecular weight is 294 g/mol. The van der Waals surface area contributed by atoms with Crippen molar-refractivity contribution in [2.45, 2.75) is 30.8 Å². The predicted molar refractivity (Wildman–Crippen MR) is 77.9 cm³/mol. The van der Waals surface area contributed by atoms with Crippen LogP contribution in [0.1, 0.15) is 24.8 Å². The van der Waals surface area contributed by atoms with Gasteiger partial charge in [-0.15, -0.1) is 0 Å². The van der Waals surface area contributed by atoms with E-state index in [1.165, 1.54) is 0 Å². The van der Waals surface area contributed by atoms with E-state index in [4.69, 9.17) is 9.47 Å². The molecule has 0 radical (unpaired) electrons. The van der Waals surface area contributed by atoms with E-state index in [1.807, 2.05) is 30.0 Å². The Morgan fingerprint density at radius 2 is 2.20 bits per heavy atom. The molecule has 0 amide bonds. The molecule has 1 heterocycles. The third-order valence-corrected chi connectivity index (χ3v) is 5.19. The van der Waals surface area contributed by atoms with E-state index in [9.17, 15) is 9.90 Å². The highest BCUT2D eigenvalue weighted by atomic mass is 32.2. The summed E-state index contributed by atoms with van der Waals surface area (Å²) in [6.07, 6.45) is 2.68. The number of carbonyl (C=O) groups is 1. The monoisotopic (exact) mass is 294 g/mol. The Labute approximate surface area is 122 Å². The zero-order valence-electron chi connectivity index (χ0n) is 11.4. The first-order chi connectivity index (χ1) is 9.65. The van der Waals surface area contributed by atoms with E-state index in [2.05, 4.69) is 0 Å². The largest absolute Gasteiger partial charge is 0.493 e. The first-order valence-electron chi connectivity index (χ1n) is 6.82. The molecular weight excluding hydrogens is 276 g/mol. The Kier molecular flexibility index (Phi) is 3.54. The van der Waals surface area contributed by atoms with Crippen molar-refractivity contribution in [1.29, 1.82) is 0 Å². The molecule has 1 aromatic rings. The van der Waals surface area contributed by atoms with Crippen LogP contribution in [0.4, 0.5) is 0 Å². The minimum absolute atomic E-state index is 0.231. The lowest BCUT2D eigenvalue weighted by molar-refractivity contribution is -0.140. The van der Waals surface area contributed by atoms with E-state index < -0.39 is 11.4 Å². The molecule has 1 aliphatic carbocycles. The Bertz CT molecular complexity index is 519. The molecule has 0 spiro atoms. The molecular formula is C15H18O4S. The molecule has 0 bridgehead atoms. The molecule has 1 saturated heterocycles. The quantitative estimate of drug-likeness (QED) is 0.905. The summed E-state index contributed by atoms with van der Waals surface area (Å²) in [7, 11) is 1.59. The van der Waals surface area contributed by atoms with Gasteiger partial charge in [0.25, 0.3) is 0 Å². The fourth-order valence-corrected chi connectivity index (χ4v) is 3.69. The molecule has 4 nitrogen and oxygen atoms in total. The number of benzene rings is 1. The highest BCUT2D eigenvalue weighted by Crippen LogP contribution is 2.50. The maximum atomic E-state index is 11.4. The third kappa shape index (κ3) is 2.35. The van der Waals surface area contributed by atoms with Crippen LogP contribution in [0.2, 0.25) is 0 Å². The zero-order chi connectivity index (χ0) is 14.2. The number of hydrogen-bond acceptors (Lipinski definition) is 4. The number of hydrogen-bond donors (Lipinski definition) is 1. The summed E-state index contributed by atoms with van der Waals surface area (Å²) in [6.45, 7) is 0. The molecule has 1 saturated carbocycles. The SMILES string of the molecule is COc1cc(C2(C(=O)O)CC2)ccc1OC1CCSC1. The van der Waals surface area contributed by atoms with Gasteiger partial charge in [0.1, 0.15) is 6.10 Å². The molecule has 1 aromatic carbocycles. The van der Waals surface area contributed by atoms with Crippen LogP contribution in [0.15, 0.2) is 18.2 Å². The number of rotatable bonds is 5. The maximum Gasteiger partial charge on any atom is 0.314 e. The minimum Gasteiger partial charge on any atom is -0.493 e. The zero-order valence-corrected chi connectivity index (χ0v) is 12.2. The van der Waals surface area contributed by atoms with Gasteiger partial charge in [0.2, 0.25) is 0 Å². The fourth-order valence-electron chi connectivity index (χ4n) is 2.60. The summed E-state index contributed by atoms with van der Waals surface area (Å²) in [5.74, 6) is 2.73. The Hall–Kier alpha value is -1.36. The Balaban J connectivity index is 1.84. The molecule has 5 heteroatoms. The number of ether oxygens (including phenoxy) is 2. The van der Waals surface area contributed by atoms with E-state index in [-0.39, 0.29) is 6.10 Å². The van der Waals surface area contributed by atoms with Crippen molar-refractivity contribution in [3.63, 3.8) is 0 Å². The molecule has 1 atom stereocenters. The predicted octanol–water partition coefficient (Wildman–Crippen LogP) is 2.70. The van der Waals surface area contributed by atoms with Gasteiger partial charge in [0.05, 0.1) is 12.5 Å². The average Bonchev–Trinajstić information content (AvgIpc) is 3.12. The number of methoxy groups -OCH3 is 1. The molecule has 108 valence electrons. The summed E-state index contributed by atoms with van der Waals surface area (Å²) in [5.41, 5.74) is 0.115. The highest BCUT2D eigenvalue weighted by molar-refractivity contribution is 7.99. The molecule has 1 aliphatic heterocycles. The fraction of sp³-hybridized carbons (Fsp3) is 0.533. The smallest absolute Gasteiger partial charge is 0.314 e. The van der Waals surface area contributed by atoms with Crippen LogP contribution in [-0.2, 0) is 10.2 Å². The van der Waals surface area contributed by atoms with Gasteiger partial charge in [-0.3, -0.25) is 4.79 Å². The van der Waals surface area contributed by atoms with Crippen molar-refractivity contribution in [1.82, 2.24) is 0 Å². The van der Waals surface area contributed by atoms with Crippen molar-refractivity contribution in [3.8, 4) is 11.5 Å². The van der Waals surface area contributed by atoms with Gasteiger partial charge < -0.3 is 14.6 Å². The van der Waals surface area contributed by atoms with Crippen LogP contribution >= 0.6 is 11.8 Å². The summed E-state index contributed by atoms with van der Waals surface area (Å²) in [4.78, 5) is 11.4. The standard InChI is InChI=1S/C15H18O4S/c1-18-13-8-10(15(5-6-15)14(16)17)2-3-12(13)19-11-4-7-20-9-11/h2-3,8,11H,4-7,9H2,1H3,(H,16,17). The van der Waals surface area contributed by atoms with E-state index in [0.717, 1.165) is 23.5 Å². The van der Waals surface area contributed by atoms with Gasteiger partial charge in [-0.1, -0.05) is 6.07 Å². The van der Waals surface area contributed by atoms with Gasteiger partial charge in [-0.2, -0.15) is 11.8 Å². The summed E-state index contributed by atoms with van der Waals surface area (Å²) in [5, 5.41) is 9.35. The normalized spacial score (nSPS) is 23.4. The lowest BCUT2D eigenvalue weighted by Gasteiger charge is -2.18. The molecule has 20 heavy (non-hydrogen) atoms. The maximum absolute atomic E-state index is 11.4. The van der Waals surface area contributed by atoms with E-state index in [1.54, 1.807) is 7.11 Å². The van der Waals surface area contributed by atoms with Crippen LogP contribution in [0.5, 0.6) is 11.5 Å². The molecule has 2 fully saturated rings. The number of carboxylic acid groups (broad SMARTS) is 1. The topological polar surface area (TPSA) is 55.8 Å². The molecule has 0 aromatic heterocycles. The van der Waals surface area contributed by atoms with Crippen molar-refractivity contribution in [2.75, 3.05) is 18.6 Å². The summed E-state index contributed by atoms with van der Waals surface area (Å²) in [6, 6.07) is 5.53. The van der Waals surface area contributed by atoms with Gasteiger partial charge in [-0.25, -0.2) is 0 Å². The van der Waals surface area contributed by atoms with Gasteiger partial charge in [0.15, 0.2) is 11.5 Å². The summed E-state index contributed by atoms with van der Waals surface area (Å²) >= 11 is 1.89. The lowest BCUT2D eigenvalue weighted by atomic mass is 9.96. The van der Waals surface area contributed by atoms with E-state index in [0.29, 0.717) is 24.3 Å². The van der Waals surface area contributed by atoms with Gasteiger partial charge in [0, 0.05) is 5.75 Å². The summed E-state index contributed by atoms with van der Waals surface area (Å²) < 4.78 is 11.3. The second kappa shape index (κ2) is 5.20. The van der Waals surface area contributed by atoms with Crippen LogP contribution in [0.25, 0.3) is 0 Å². The Morgan fingerprint density at radius 3 is 2.75 bits per heavy atom. The molecule has 1 N–H and O–H groups in total.